The third-order valence-electron chi connectivity index (χ3n) is 1.87. The highest BCUT2D eigenvalue weighted by Crippen LogP contribution is 2.26. The van der Waals surface area contributed by atoms with Crippen LogP contribution in [-0.2, 0) is 0 Å². The molecule has 0 spiro atoms. The van der Waals surface area contributed by atoms with Gasteiger partial charge in [-0.25, -0.2) is 0 Å². The van der Waals surface area contributed by atoms with Crippen LogP contribution >= 0.6 is 0 Å². The molecule has 0 aliphatic rings. The van der Waals surface area contributed by atoms with E-state index in [2.05, 4.69) is 0 Å². The van der Waals surface area contributed by atoms with E-state index in [0.717, 1.165) is 0 Å². The molecule has 0 saturated heterocycles. The van der Waals surface area contributed by atoms with Crippen LogP contribution < -0.4 is 4.74 Å². The molecule has 0 bridgehead atoms. The van der Waals surface area contributed by atoms with Gasteiger partial charge >= 0.3 is 0 Å². The Morgan fingerprint density at radius 2 is 1.93 bits per heavy atom. The normalized spacial score (nSPS) is 14.8. The summed E-state index contributed by atoms with van der Waals surface area (Å²) in [6.07, 6.45) is 0.0492. The summed E-state index contributed by atoms with van der Waals surface area (Å²) < 4.78 is 5.45. The van der Waals surface area contributed by atoms with Crippen molar-refractivity contribution in [1.29, 1.82) is 0 Å². The molecule has 3 nitrogen and oxygen atoms in total. The van der Waals surface area contributed by atoms with Crippen LogP contribution in [0, 0.1) is 0 Å². The summed E-state index contributed by atoms with van der Waals surface area (Å²) >= 11 is 0. The van der Waals surface area contributed by atoms with Crippen LogP contribution in [0.4, 0.5) is 0 Å². The quantitative estimate of drug-likeness (QED) is 0.773. The second kappa shape index (κ2) is 4.86. The number of phenolic OH excluding ortho intramolecular Hbond substituents is 1. The van der Waals surface area contributed by atoms with Crippen molar-refractivity contribution in [1.82, 2.24) is 0 Å². The number of aliphatic hydroxyl groups is 1. The lowest BCUT2D eigenvalue weighted by Gasteiger charge is -2.16. The zero-order valence-electron chi connectivity index (χ0n) is 8.47. The Kier molecular flexibility index (Phi) is 3.77. The van der Waals surface area contributed by atoms with E-state index in [9.17, 15) is 5.11 Å². The maximum absolute atomic E-state index is 9.41. The molecule has 0 aliphatic heterocycles. The van der Waals surface area contributed by atoms with Gasteiger partial charge in [-0.3, -0.25) is 0 Å². The minimum atomic E-state index is -0.393. The van der Waals surface area contributed by atoms with Crippen LogP contribution in [0.1, 0.15) is 20.3 Å². The highest BCUT2D eigenvalue weighted by Gasteiger charge is 2.09. The molecule has 0 saturated carbocycles. The van der Waals surface area contributed by atoms with Crippen LogP contribution in [0.15, 0.2) is 24.3 Å². The van der Waals surface area contributed by atoms with Crippen LogP contribution in [0.25, 0.3) is 0 Å². The van der Waals surface area contributed by atoms with Gasteiger partial charge in [0, 0.05) is 6.42 Å². The molecule has 0 heterocycles. The van der Waals surface area contributed by atoms with Crippen molar-refractivity contribution in [3.05, 3.63) is 24.3 Å². The van der Waals surface area contributed by atoms with Gasteiger partial charge in [-0.1, -0.05) is 12.1 Å². The SMILES string of the molecule is C[C@@H](O)C[C@H](C)Oc1ccccc1O. The van der Waals surface area contributed by atoms with Gasteiger partial charge in [-0.2, -0.15) is 0 Å². The van der Waals surface area contributed by atoms with Crippen molar-refractivity contribution in [2.75, 3.05) is 0 Å². The summed E-state index contributed by atoms with van der Waals surface area (Å²) in [4.78, 5) is 0. The van der Waals surface area contributed by atoms with E-state index >= 15 is 0 Å². The summed E-state index contributed by atoms with van der Waals surface area (Å²) in [6.45, 7) is 3.57. The Hall–Kier alpha value is -1.22. The fourth-order valence-corrected chi connectivity index (χ4v) is 1.30. The largest absolute Gasteiger partial charge is 0.504 e. The molecule has 1 aromatic carbocycles. The van der Waals surface area contributed by atoms with Crippen LogP contribution in [0.3, 0.4) is 0 Å². The summed E-state index contributed by atoms with van der Waals surface area (Å²) in [5.41, 5.74) is 0. The molecule has 0 fully saturated rings. The van der Waals surface area contributed by atoms with Gasteiger partial charge in [0.25, 0.3) is 0 Å². The lowest BCUT2D eigenvalue weighted by molar-refractivity contribution is 0.113. The van der Waals surface area contributed by atoms with E-state index in [1.54, 1.807) is 31.2 Å². The van der Waals surface area contributed by atoms with Gasteiger partial charge in [-0.15, -0.1) is 0 Å². The predicted octanol–water partition coefficient (Wildman–Crippen LogP) is 1.93. The molecule has 0 aromatic heterocycles. The Balaban J connectivity index is 2.56. The minimum absolute atomic E-state index is 0.108. The van der Waals surface area contributed by atoms with Crippen molar-refractivity contribution in [3.63, 3.8) is 0 Å². The highest BCUT2D eigenvalue weighted by molar-refractivity contribution is 5.38. The van der Waals surface area contributed by atoms with Gasteiger partial charge < -0.3 is 14.9 Å². The Bertz CT molecular complexity index is 284. The standard InChI is InChI=1S/C11H16O3/c1-8(12)7-9(2)14-11-6-4-3-5-10(11)13/h3-6,8-9,12-13H,7H2,1-2H3/t8-,9+/m1/s1. The van der Waals surface area contributed by atoms with Crippen LogP contribution in [-0.4, -0.2) is 22.4 Å². The van der Waals surface area contributed by atoms with E-state index in [0.29, 0.717) is 12.2 Å². The first-order chi connectivity index (χ1) is 6.59. The highest BCUT2D eigenvalue weighted by atomic mass is 16.5. The van der Waals surface area contributed by atoms with Crippen molar-refractivity contribution in [2.24, 2.45) is 0 Å². The number of ether oxygens (including phenoxy) is 1. The van der Waals surface area contributed by atoms with E-state index in [1.807, 2.05) is 6.92 Å². The third-order valence-corrected chi connectivity index (χ3v) is 1.87. The van der Waals surface area contributed by atoms with Crippen molar-refractivity contribution in [3.8, 4) is 11.5 Å². The number of para-hydroxylation sites is 2. The van der Waals surface area contributed by atoms with Gasteiger partial charge in [0.1, 0.15) is 0 Å². The summed E-state index contributed by atoms with van der Waals surface area (Å²) in [5, 5.41) is 18.5. The molecule has 78 valence electrons. The van der Waals surface area contributed by atoms with Crippen molar-refractivity contribution >= 4 is 0 Å². The second-order valence-electron chi connectivity index (χ2n) is 3.48. The molecule has 1 rings (SSSR count). The average molecular weight is 196 g/mol. The third kappa shape index (κ3) is 3.26. The summed E-state index contributed by atoms with van der Waals surface area (Å²) in [5.74, 6) is 0.589. The maximum atomic E-state index is 9.41. The molecule has 0 unspecified atom stereocenters. The lowest BCUT2D eigenvalue weighted by Crippen LogP contribution is -2.18. The summed E-state index contributed by atoms with van der Waals surface area (Å²) in [7, 11) is 0. The molecular weight excluding hydrogens is 180 g/mol. The van der Waals surface area contributed by atoms with Crippen molar-refractivity contribution in [2.45, 2.75) is 32.5 Å². The van der Waals surface area contributed by atoms with Crippen LogP contribution in [0.5, 0.6) is 11.5 Å². The number of benzene rings is 1. The number of phenols is 1. The average Bonchev–Trinajstić information content (AvgIpc) is 2.07. The Labute approximate surface area is 84.0 Å². The molecule has 0 aliphatic carbocycles. The monoisotopic (exact) mass is 196 g/mol. The molecule has 3 heteroatoms. The fourth-order valence-electron chi connectivity index (χ4n) is 1.30. The minimum Gasteiger partial charge on any atom is -0.504 e. The van der Waals surface area contributed by atoms with E-state index in [-0.39, 0.29) is 11.9 Å². The predicted molar refractivity (Wildman–Crippen MR) is 54.5 cm³/mol. The molecule has 14 heavy (non-hydrogen) atoms. The van der Waals surface area contributed by atoms with Crippen LogP contribution in [0.2, 0.25) is 0 Å². The first kappa shape index (κ1) is 10.9. The second-order valence-corrected chi connectivity index (χ2v) is 3.48. The van der Waals surface area contributed by atoms with Gasteiger partial charge in [0.05, 0.1) is 12.2 Å². The molecule has 2 atom stereocenters. The zero-order chi connectivity index (χ0) is 10.6. The van der Waals surface area contributed by atoms with Gasteiger partial charge in [0.2, 0.25) is 0 Å². The number of hydrogen-bond acceptors (Lipinski definition) is 3. The fraction of sp³-hybridized carbons (Fsp3) is 0.455. The zero-order valence-corrected chi connectivity index (χ0v) is 8.47. The van der Waals surface area contributed by atoms with E-state index in [4.69, 9.17) is 9.84 Å². The molecule has 0 amide bonds. The Morgan fingerprint density at radius 3 is 2.50 bits per heavy atom. The maximum Gasteiger partial charge on any atom is 0.161 e. The van der Waals surface area contributed by atoms with E-state index < -0.39 is 6.10 Å². The first-order valence-corrected chi connectivity index (χ1v) is 4.72. The number of rotatable bonds is 4. The molecule has 0 radical (unpaired) electrons. The van der Waals surface area contributed by atoms with Gasteiger partial charge in [0.15, 0.2) is 11.5 Å². The number of aromatic hydroxyl groups is 1. The summed E-state index contributed by atoms with van der Waals surface area (Å²) in [6, 6.07) is 6.81. The number of hydrogen-bond donors (Lipinski definition) is 2. The smallest absolute Gasteiger partial charge is 0.161 e. The molecule has 1 aromatic rings. The van der Waals surface area contributed by atoms with E-state index in [1.165, 1.54) is 0 Å². The van der Waals surface area contributed by atoms with Gasteiger partial charge in [-0.05, 0) is 26.0 Å². The first-order valence-electron chi connectivity index (χ1n) is 4.72. The number of aliphatic hydroxyl groups excluding tert-OH is 1. The van der Waals surface area contributed by atoms with Crippen molar-refractivity contribution < 1.29 is 14.9 Å². The molecule has 2 N–H and O–H groups in total. The lowest BCUT2D eigenvalue weighted by atomic mass is 10.2. The Morgan fingerprint density at radius 1 is 1.29 bits per heavy atom. The molecular formula is C11H16O3. The topological polar surface area (TPSA) is 49.7 Å².